The Hall–Kier alpha value is -2.82. The molecule has 0 aliphatic rings. The van der Waals surface area contributed by atoms with E-state index in [1.54, 1.807) is 6.92 Å². The number of hydrogen-bond acceptors (Lipinski definition) is 5. The third-order valence-corrected chi connectivity index (χ3v) is 3.34. The molecule has 3 rings (SSSR count). The topological polar surface area (TPSA) is 57.4 Å². The van der Waals surface area contributed by atoms with Crippen LogP contribution in [-0.4, -0.2) is 23.4 Å². The van der Waals surface area contributed by atoms with Gasteiger partial charge in [0, 0.05) is 12.5 Å². The Morgan fingerprint density at radius 3 is 2.35 bits per heavy atom. The normalized spacial score (nSPS) is 10.5. The summed E-state index contributed by atoms with van der Waals surface area (Å²) in [4.78, 5) is 4.19. The molecule has 3 aromatic rings. The Morgan fingerprint density at radius 2 is 1.65 bits per heavy atom. The number of aryl methyl sites for hydroxylation is 2. The van der Waals surface area contributed by atoms with Gasteiger partial charge in [-0.3, -0.25) is 0 Å². The molecule has 23 heavy (non-hydrogen) atoms. The summed E-state index contributed by atoms with van der Waals surface area (Å²) in [5.41, 5.74) is 2.01. The van der Waals surface area contributed by atoms with E-state index in [-0.39, 0.29) is 0 Å². The van der Waals surface area contributed by atoms with Crippen molar-refractivity contribution in [2.75, 3.05) is 13.2 Å². The van der Waals surface area contributed by atoms with E-state index < -0.39 is 0 Å². The lowest BCUT2D eigenvalue weighted by Crippen LogP contribution is -2.09. The highest BCUT2D eigenvalue weighted by Gasteiger charge is 2.05. The molecule has 5 heteroatoms. The monoisotopic (exact) mass is 310 g/mol. The maximum absolute atomic E-state index is 5.70. The number of benzene rings is 2. The van der Waals surface area contributed by atoms with Gasteiger partial charge >= 0.3 is 0 Å². The van der Waals surface area contributed by atoms with Crippen molar-refractivity contribution < 1.29 is 14.0 Å². The van der Waals surface area contributed by atoms with E-state index >= 15 is 0 Å². The zero-order chi connectivity index (χ0) is 16.1. The SMILES string of the molecule is Cc1nc(-c2ccc(OCCOc3ccccc3C)cc2)no1. The predicted molar refractivity (Wildman–Crippen MR) is 86.6 cm³/mol. The molecule has 0 N–H and O–H groups in total. The minimum atomic E-state index is 0.481. The third-order valence-electron chi connectivity index (χ3n) is 3.34. The Kier molecular flexibility index (Phi) is 4.57. The smallest absolute Gasteiger partial charge is 0.223 e. The van der Waals surface area contributed by atoms with Crippen molar-refractivity contribution >= 4 is 0 Å². The highest BCUT2D eigenvalue weighted by atomic mass is 16.5. The molecule has 0 saturated carbocycles. The second kappa shape index (κ2) is 6.96. The van der Waals surface area contributed by atoms with Gasteiger partial charge in [0.2, 0.25) is 11.7 Å². The lowest BCUT2D eigenvalue weighted by molar-refractivity contribution is 0.216. The molecular weight excluding hydrogens is 292 g/mol. The molecule has 0 amide bonds. The largest absolute Gasteiger partial charge is 0.490 e. The second-order valence-corrected chi connectivity index (χ2v) is 5.12. The van der Waals surface area contributed by atoms with Crippen molar-refractivity contribution in [3.05, 3.63) is 60.0 Å². The zero-order valence-corrected chi connectivity index (χ0v) is 13.2. The molecule has 5 nitrogen and oxygen atoms in total. The van der Waals surface area contributed by atoms with Gasteiger partial charge < -0.3 is 14.0 Å². The van der Waals surface area contributed by atoms with Gasteiger partial charge in [0.1, 0.15) is 24.7 Å². The van der Waals surface area contributed by atoms with Crippen LogP contribution in [0.5, 0.6) is 11.5 Å². The van der Waals surface area contributed by atoms with Gasteiger partial charge in [0.05, 0.1) is 0 Å². The molecule has 0 unspecified atom stereocenters. The van der Waals surface area contributed by atoms with Gasteiger partial charge in [-0.1, -0.05) is 23.4 Å². The Balaban J connectivity index is 1.50. The molecule has 1 aromatic heterocycles. The molecule has 0 saturated heterocycles. The first-order chi connectivity index (χ1) is 11.2. The van der Waals surface area contributed by atoms with Crippen molar-refractivity contribution in [1.29, 1.82) is 0 Å². The fraction of sp³-hybridized carbons (Fsp3) is 0.222. The molecule has 2 aromatic carbocycles. The number of nitrogens with zero attached hydrogens (tertiary/aromatic N) is 2. The van der Waals surface area contributed by atoms with Gasteiger partial charge in [-0.2, -0.15) is 4.98 Å². The second-order valence-electron chi connectivity index (χ2n) is 5.12. The van der Waals surface area contributed by atoms with E-state index in [0.717, 1.165) is 22.6 Å². The fourth-order valence-corrected chi connectivity index (χ4v) is 2.15. The molecule has 0 aliphatic carbocycles. The van der Waals surface area contributed by atoms with Crippen LogP contribution in [0, 0.1) is 13.8 Å². The molecular formula is C18H18N2O3. The maximum atomic E-state index is 5.70. The molecule has 118 valence electrons. The van der Waals surface area contributed by atoms with E-state index in [4.69, 9.17) is 14.0 Å². The Labute approximate surface area is 134 Å². The highest BCUT2D eigenvalue weighted by Crippen LogP contribution is 2.20. The van der Waals surface area contributed by atoms with Gasteiger partial charge in [-0.05, 0) is 42.8 Å². The van der Waals surface area contributed by atoms with E-state index in [1.165, 1.54) is 0 Å². The first-order valence-electron chi connectivity index (χ1n) is 7.44. The van der Waals surface area contributed by atoms with E-state index in [1.807, 2.05) is 55.5 Å². The molecule has 1 heterocycles. The van der Waals surface area contributed by atoms with Crippen LogP contribution in [0.1, 0.15) is 11.5 Å². The number of hydrogen-bond donors (Lipinski definition) is 0. The van der Waals surface area contributed by atoms with Gasteiger partial charge in [-0.15, -0.1) is 0 Å². The van der Waals surface area contributed by atoms with Gasteiger partial charge in [0.15, 0.2) is 0 Å². The lowest BCUT2D eigenvalue weighted by atomic mass is 10.2. The molecule has 0 fully saturated rings. The van der Waals surface area contributed by atoms with Crippen LogP contribution < -0.4 is 9.47 Å². The summed E-state index contributed by atoms with van der Waals surface area (Å²) < 4.78 is 16.3. The lowest BCUT2D eigenvalue weighted by Gasteiger charge is -2.10. The fourth-order valence-electron chi connectivity index (χ4n) is 2.15. The van der Waals surface area contributed by atoms with Gasteiger partial charge in [-0.25, -0.2) is 0 Å². The summed E-state index contributed by atoms with van der Waals surface area (Å²) in [7, 11) is 0. The molecule has 0 bridgehead atoms. The van der Waals surface area contributed by atoms with Crippen molar-refractivity contribution in [2.45, 2.75) is 13.8 Å². The standard InChI is InChI=1S/C18H18N2O3/c1-13-5-3-4-6-17(13)22-12-11-21-16-9-7-15(8-10-16)18-19-14(2)23-20-18/h3-10H,11-12H2,1-2H3. The Bertz CT molecular complexity index is 766. The van der Waals surface area contributed by atoms with Gasteiger partial charge in [0.25, 0.3) is 0 Å². The first-order valence-corrected chi connectivity index (χ1v) is 7.44. The average Bonchev–Trinajstić information content (AvgIpc) is 3.00. The zero-order valence-electron chi connectivity index (χ0n) is 13.2. The summed E-state index contributed by atoms with van der Waals surface area (Å²) >= 11 is 0. The molecule has 0 spiro atoms. The van der Waals surface area contributed by atoms with E-state index in [2.05, 4.69) is 10.1 Å². The Morgan fingerprint density at radius 1 is 0.913 bits per heavy atom. The van der Waals surface area contributed by atoms with Crippen molar-refractivity contribution in [2.24, 2.45) is 0 Å². The highest BCUT2D eigenvalue weighted by molar-refractivity contribution is 5.55. The number of para-hydroxylation sites is 1. The van der Waals surface area contributed by atoms with Crippen LogP contribution >= 0.6 is 0 Å². The van der Waals surface area contributed by atoms with Crippen molar-refractivity contribution in [1.82, 2.24) is 10.1 Å². The summed E-state index contributed by atoms with van der Waals surface area (Å²) in [6.45, 7) is 4.77. The summed E-state index contributed by atoms with van der Waals surface area (Å²) in [5.74, 6) is 2.80. The molecule has 0 aliphatic heterocycles. The van der Waals surface area contributed by atoms with Crippen molar-refractivity contribution in [3.63, 3.8) is 0 Å². The minimum Gasteiger partial charge on any atom is -0.490 e. The predicted octanol–water partition coefficient (Wildman–Crippen LogP) is 3.81. The maximum Gasteiger partial charge on any atom is 0.223 e. The van der Waals surface area contributed by atoms with Crippen LogP contribution in [0.3, 0.4) is 0 Å². The third kappa shape index (κ3) is 3.88. The van der Waals surface area contributed by atoms with Crippen molar-refractivity contribution in [3.8, 4) is 22.9 Å². The van der Waals surface area contributed by atoms with Crippen LogP contribution in [-0.2, 0) is 0 Å². The van der Waals surface area contributed by atoms with Crippen LogP contribution in [0.25, 0.3) is 11.4 Å². The number of aromatic nitrogens is 2. The summed E-state index contributed by atoms with van der Waals surface area (Å²) in [6.07, 6.45) is 0. The quantitative estimate of drug-likeness (QED) is 0.648. The average molecular weight is 310 g/mol. The first kappa shape index (κ1) is 15.1. The molecule has 0 radical (unpaired) electrons. The molecule has 0 atom stereocenters. The minimum absolute atomic E-state index is 0.481. The summed E-state index contributed by atoms with van der Waals surface area (Å²) in [5, 5.41) is 3.89. The number of ether oxygens (including phenoxy) is 2. The van der Waals surface area contributed by atoms with Crippen LogP contribution in [0.2, 0.25) is 0 Å². The van der Waals surface area contributed by atoms with Crippen LogP contribution in [0.4, 0.5) is 0 Å². The summed E-state index contributed by atoms with van der Waals surface area (Å²) in [6, 6.07) is 15.5. The number of rotatable bonds is 6. The van der Waals surface area contributed by atoms with E-state index in [0.29, 0.717) is 24.9 Å². The van der Waals surface area contributed by atoms with Crippen LogP contribution in [0.15, 0.2) is 53.1 Å². The van der Waals surface area contributed by atoms with E-state index in [9.17, 15) is 0 Å².